The first-order valence-corrected chi connectivity index (χ1v) is 9.88. The number of nitrogens with zero attached hydrogens (tertiary/aromatic N) is 3. The minimum absolute atomic E-state index is 0.0745. The van der Waals surface area contributed by atoms with Gasteiger partial charge in [0, 0.05) is 24.2 Å². The quantitative estimate of drug-likeness (QED) is 0.633. The minimum Gasteiger partial charge on any atom is -0.339 e. The van der Waals surface area contributed by atoms with Crippen molar-refractivity contribution in [2.24, 2.45) is 0 Å². The second-order valence-corrected chi connectivity index (χ2v) is 7.66. The lowest BCUT2D eigenvalue weighted by molar-refractivity contribution is -0.117. The predicted octanol–water partition coefficient (Wildman–Crippen LogP) is 4.94. The van der Waals surface area contributed by atoms with Gasteiger partial charge in [-0.15, -0.1) is 0 Å². The summed E-state index contributed by atoms with van der Waals surface area (Å²) in [4.78, 5) is 18.9. The Hall–Kier alpha value is -2.95. The van der Waals surface area contributed by atoms with Gasteiger partial charge in [-0.05, 0) is 35.6 Å². The fraction of sp³-hybridized carbons (Fsp3) is 0.348. The van der Waals surface area contributed by atoms with Crippen LogP contribution in [0.1, 0.15) is 56.0 Å². The molecular weight excluding hydrogens is 350 g/mol. The van der Waals surface area contributed by atoms with Crippen molar-refractivity contribution in [2.75, 3.05) is 11.4 Å². The predicted molar refractivity (Wildman–Crippen MR) is 109 cm³/mol. The largest absolute Gasteiger partial charge is 0.339 e. The smallest absolute Gasteiger partial charge is 0.232 e. The van der Waals surface area contributed by atoms with Crippen molar-refractivity contribution in [3.8, 4) is 11.4 Å². The van der Waals surface area contributed by atoms with Gasteiger partial charge in [-0.2, -0.15) is 4.98 Å². The van der Waals surface area contributed by atoms with E-state index in [4.69, 9.17) is 4.52 Å². The van der Waals surface area contributed by atoms with Crippen LogP contribution in [0.4, 0.5) is 5.69 Å². The van der Waals surface area contributed by atoms with E-state index in [1.165, 1.54) is 11.1 Å². The summed E-state index contributed by atoms with van der Waals surface area (Å²) in [7, 11) is 0. The monoisotopic (exact) mass is 375 g/mol. The summed E-state index contributed by atoms with van der Waals surface area (Å²) in [6.45, 7) is 7.02. The zero-order valence-electron chi connectivity index (χ0n) is 16.6. The molecule has 0 radical (unpaired) electrons. The molecule has 3 aromatic rings. The molecule has 0 saturated carbocycles. The molecule has 5 heteroatoms. The van der Waals surface area contributed by atoms with Crippen LogP contribution in [-0.4, -0.2) is 22.6 Å². The molecule has 1 aliphatic rings. The molecular formula is C23H25N3O2. The average molecular weight is 375 g/mol. The van der Waals surface area contributed by atoms with E-state index in [0.29, 0.717) is 30.6 Å². The summed E-state index contributed by atoms with van der Waals surface area (Å²) in [6.07, 6.45) is 1.38. The van der Waals surface area contributed by atoms with Crippen molar-refractivity contribution in [2.45, 2.75) is 45.4 Å². The zero-order chi connectivity index (χ0) is 19.7. The maximum atomic E-state index is 12.5. The maximum Gasteiger partial charge on any atom is 0.232 e. The Kier molecular flexibility index (Phi) is 4.99. The van der Waals surface area contributed by atoms with Crippen LogP contribution in [0.5, 0.6) is 0 Å². The lowest BCUT2D eigenvalue weighted by Crippen LogP contribution is -2.24. The lowest BCUT2D eigenvalue weighted by Gasteiger charge is -2.16. The molecule has 0 spiro atoms. The normalized spacial score (nSPS) is 16.9. The molecule has 144 valence electrons. The van der Waals surface area contributed by atoms with Crippen LogP contribution in [0.25, 0.3) is 11.4 Å². The molecule has 1 unspecified atom stereocenters. The third-order valence-electron chi connectivity index (χ3n) is 5.41. The molecule has 1 fully saturated rings. The van der Waals surface area contributed by atoms with Crippen LogP contribution in [0.15, 0.2) is 53.1 Å². The fourth-order valence-corrected chi connectivity index (χ4v) is 3.57. The second-order valence-electron chi connectivity index (χ2n) is 7.66. The number of rotatable bonds is 5. The van der Waals surface area contributed by atoms with E-state index in [1.807, 2.05) is 29.2 Å². The van der Waals surface area contributed by atoms with E-state index in [1.54, 1.807) is 0 Å². The van der Waals surface area contributed by atoms with Crippen LogP contribution in [0.3, 0.4) is 0 Å². The average Bonchev–Trinajstić information content (AvgIpc) is 3.35. The molecule has 5 nitrogen and oxygen atoms in total. The van der Waals surface area contributed by atoms with Crippen molar-refractivity contribution in [1.82, 2.24) is 10.1 Å². The molecule has 1 aromatic heterocycles. The third kappa shape index (κ3) is 3.57. The Balaban J connectivity index is 1.50. The number of aryl methyl sites for hydroxylation is 1. The minimum atomic E-state index is -0.0745. The summed E-state index contributed by atoms with van der Waals surface area (Å²) < 4.78 is 5.51. The third-order valence-corrected chi connectivity index (χ3v) is 5.41. The second kappa shape index (κ2) is 7.58. The first-order chi connectivity index (χ1) is 13.5. The summed E-state index contributed by atoms with van der Waals surface area (Å²) in [6, 6.07) is 16.4. The fourth-order valence-electron chi connectivity index (χ4n) is 3.57. The summed E-state index contributed by atoms with van der Waals surface area (Å²) in [5.41, 5.74) is 4.39. The van der Waals surface area contributed by atoms with Crippen LogP contribution < -0.4 is 4.90 Å². The van der Waals surface area contributed by atoms with Crippen LogP contribution >= 0.6 is 0 Å². The summed E-state index contributed by atoms with van der Waals surface area (Å²) in [5, 5.41) is 4.14. The van der Waals surface area contributed by atoms with E-state index in [9.17, 15) is 4.79 Å². The van der Waals surface area contributed by atoms with Gasteiger partial charge in [-0.3, -0.25) is 4.79 Å². The highest BCUT2D eigenvalue weighted by Gasteiger charge is 2.35. The Morgan fingerprint density at radius 2 is 1.82 bits per heavy atom. The zero-order valence-corrected chi connectivity index (χ0v) is 16.6. The molecule has 4 rings (SSSR count). The molecule has 0 bridgehead atoms. The lowest BCUT2D eigenvalue weighted by atomic mass is 10.0. The summed E-state index contributed by atoms with van der Waals surface area (Å²) in [5.74, 6) is 1.61. The number of carbonyl (C=O) groups excluding carboxylic acids is 1. The molecule has 1 amide bonds. The Labute approximate surface area is 165 Å². The van der Waals surface area contributed by atoms with Gasteiger partial charge in [0.1, 0.15) is 0 Å². The molecule has 28 heavy (non-hydrogen) atoms. The first kappa shape index (κ1) is 18.4. The van der Waals surface area contributed by atoms with Crippen molar-refractivity contribution >= 4 is 11.6 Å². The number of carbonyl (C=O) groups is 1. The molecule has 0 N–H and O–H groups in total. The highest BCUT2D eigenvalue weighted by Crippen LogP contribution is 2.32. The van der Waals surface area contributed by atoms with Crippen molar-refractivity contribution in [3.05, 3.63) is 65.5 Å². The topological polar surface area (TPSA) is 59.2 Å². The molecule has 1 saturated heterocycles. The number of benzene rings is 2. The number of hydrogen-bond acceptors (Lipinski definition) is 4. The van der Waals surface area contributed by atoms with Gasteiger partial charge in [-0.25, -0.2) is 0 Å². The number of hydrogen-bond donors (Lipinski definition) is 0. The molecule has 1 atom stereocenters. The Bertz CT molecular complexity index is 958. The van der Waals surface area contributed by atoms with E-state index in [2.05, 4.69) is 55.2 Å². The van der Waals surface area contributed by atoms with E-state index >= 15 is 0 Å². The van der Waals surface area contributed by atoms with Crippen LogP contribution in [-0.2, 0) is 11.2 Å². The molecule has 2 aromatic carbocycles. The molecule has 0 aliphatic carbocycles. The SMILES string of the molecule is CCc1ccc(N2CC(c3nc(-c4ccc(C(C)C)cc4)no3)CC2=O)cc1. The molecule has 2 heterocycles. The van der Waals surface area contributed by atoms with Crippen LogP contribution in [0.2, 0.25) is 0 Å². The van der Waals surface area contributed by atoms with Gasteiger partial charge in [-0.1, -0.05) is 62.3 Å². The van der Waals surface area contributed by atoms with E-state index in [0.717, 1.165) is 17.7 Å². The number of amides is 1. The van der Waals surface area contributed by atoms with E-state index < -0.39 is 0 Å². The summed E-state index contributed by atoms with van der Waals surface area (Å²) >= 11 is 0. The highest BCUT2D eigenvalue weighted by atomic mass is 16.5. The van der Waals surface area contributed by atoms with Crippen molar-refractivity contribution < 1.29 is 9.32 Å². The maximum absolute atomic E-state index is 12.5. The molecule has 1 aliphatic heterocycles. The van der Waals surface area contributed by atoms with Crippen molar-refractivity contribution in [3.63, 3.8) is 0 Å². The standard InChI is InChI=1S/C23H25N3O2/c1-4-16-5-11-20(12-6-16)26-14-19(13-21(26)27)23-24-22(25-28-23)18-9-7-17(8-10-18)15(2)3/h5-12,15,19H,4,13-14H2,1-3H3. The van der Waals surface area contributed by atoms with E-state index in [-0.39, 0.29) is 11.8 Å². The van der Waals surface area contributed by atoms with Gasteiger partial charge in [0.2, 0.25) is 17.6 Å². The Morgan fingerprint density at radius 1 is 1.11 bits per heavy atom. The number of anilines is 1. The van der Waals surface area contributed by atoms with Gasteiger partial charge >= 0.3 is 0 Å². The van der Waals surface area contributed by atoms with Crippen LogP contribution in [0, 0.1) is 0 Å². The van der Waals surface area contributed by atoms with Gasteiger partial charge in [0.25, 0.3) is 0 Å². The van der Waals surface area contributed by atoms with Gasteiger partial charge < -0.3 is 9.42 Å². The van der Waals surface area contributed by atoms with Gasteiger partial charge in [0.05, 0.1) is 5.92 Å². The number of aromatic nitrogens is 2. The highest BCUT2D eigenvalue weighted by molar-refractivity contribution is 5.96. The Morgan fingerprint density at radius 3 is 2.46 bits per heavy atom. The van der Waals surface area contributed by atoms with Crippen molar-refractivity contribution in [1.29, 1.82) is 0 Å². The first-order valence-electron chi connectivity index (χ1n) is 9.88. The van der Waals surface area contributed by atoms with Gasteiger partial charge in [0.15, 0.2) is 0 Å².